The maximum absolute atomic E-state index is 10.2. The van der Waals surface area contributed by atoms with Crippen molar-refractivity contribution < 1.29 is 9.53 Å². The van der Waals surface area contributed by atoms with Crippen LogP contribution in [-0.2, 0) is 4.79 Å². The summed E-state index contributed by atoms with van der Waals surface area (Å²) in [7, 11) is 0. The first-order valence-electron chi connectivity index (χ1n) is 4.30. The van der Waals surface area contributed by atoms with Gasteiger partial charge in [-0.25, -0.2) is 0 Å². The number of hydrogen-bond acceptors (Lipinski definition) is 2. The van der Waals surface area contributed by atoms with E-state index >= 15 is 0 Å². The van der Waals surface area contributed by atoms with Gasteiger partial charge in [0, 0.05) is 11.8 Å². The lowest BCUT2D eigenvalue weighted by atomic mass is 10.3. The van der Waals surface area contributed by atoms with Gasteiger partial charge in [-0.3, -0.25) is 4.79 Å². The van der Waals surface area contributed by atoms with Crippen LogP contribution >= 0.6 is 0 Å². The molecule has 3 heteroatoms. The second-order valence-electron chi connectivity index (χ2n) is 3.04. The van der Waals surface area contributed by atoms with Crippen LogP contribution in [0, 0.1) is 0 Å². The smallest absolute Gasteiger partial charge is 0.211 e. The summed E-state index contributed by atoms with van der Waals surface area (Å²) in [6, 6.07) is 7.21. The molecule has 0 unspecified atom stereocenters. The van der Waals surface area contributed by atoms with Crippen LogP contribution in [0.25, 0.3) is 0 Å². The minimum atomic E-state index is 0.491. The van der Waals surface area contributed by atoms with Crippen molar-refractivity contribution in [1.29, 1.82) is 0 Å². The van der Waals surface area contributed by atoms with Crippen LogP contribution in [0.2, 0.25) is 0 Å². The number of benzene rings is 1. The molecule has 0 aromatic heterocycles. The third kappa shape index (κ3) is 3.31. The van der Waals surface area contributed by atoms with Crippen molar-refractivity contribution in [1.82, 2.24) is 0 Å². The molecule has 0 saturated carbocycles. The van der Waals surface area contributed by atoms with E-state index in [0.717, 1.165) is 17.0 Å². The van der Waals surface area contributed by atoms with Crippen molar-refractivity contribution in [2.45, 2.75) is 6.92 Å². The largest absolute Gasteiger partial charge is 0.489 e. The Hall–Kier alpha value is -1.77. The molecule has 74 valence electrons. The summed E-state index contributed by atoms with van der Waals surface area (Å²) in [5.74, 6) is 0.722. The van der Waals surface area contributed by atoms with E-state index in [1.807, 2.05) is 19.1 Å². The molecule has 1 rings (SSSR count). The fourth-order valence-corrected chi connectivity index (χ4v) is 0.950. The Kier molecular flexibility index (Phi) is 3.73. The number of anilines is 1. The molecule has 0 fully saturated rings. The zero-order valence-electron chi connectivity index (χ0n) is 8.12. The van der Waals surface area contributed by atoms with E-state index in [0.29, 0.717) is 13.0 Å². The molecule has 0 bridgehead atoms. The summed E-state index contributed by atoms with van der Waals surface area (Å²) >= 11 is 0. The average molecular weight is 191 g/mol. The van der Waals surface area contributed by atoms with Crippen LogP contribution in [0.15, 0.2) is 36.4 Å². The summed E-state index contributed by atoms with van der Waals surface area (Å²) in [5.41, 5.74) is 1.68. The van der Waals surface area contributed by atoms with Crippen molar-refractivity contribution in [3.05, 3.63) is 36.4 Å². The summed E-state index contributed by atoms with van der Waals surface area (Å²) in [4.78, 5) is 10.2. The zero-order valence-corrected chi connectivity index (χ0v) is 8.12. The summed E-state index contributed by atoms with van der Waals surface area (Å²) in [6.07, 6.45) is 0.637. The van der Waals surface area contributed by atoms with Gasteiger partial charge in [0.1, 0.15) is 12.4 Å². The van der Waals surface area contributed by atoms with Gasteiger partial charge in [-0.1, -0.05) is 12.6 Å². The van der Waals surface area contributed by atoms with Gasteiger partial charge in [0.25, 0.3) is 0 Å². The van der Waals surface area contributed by atoms with E-state index in [1.54, 1.807) is 12.1 Å². The third-order valence-corrected chi connectivity index (χ3v) is 1.54. The van der Waals surface area contributed by atoms with Crippen molar-refractivity contribution in [3.63, 3.8) is 0 Å². The number of ether oxygens (including phenoxy) is 1. The maximum atomic E-state index is 10.2. The second kappa shape index (κ2) is 5.07. The number of carbonyl (C=O) groups excluding carboxylic acids is 1. The fraction of sp³-hybridized carbons (Fsp3) is 0.182. The summed E-state index contributed by atoms with van der Waals surface area (Å²) in [6.45, 7) is 6.12. The Bertz CT molecular complexity index is 334. The number of rotatable bonds is 5. The number of hydrogen-bond donors (Lipinski definition) is 1. The lowest BCUT2D eigenvalue weighted by Gasteiger charge is -2.06. The standard InChI is InChI=1S/C11H13NO2/c1-9(2)7-14-11-5-3-4-10(6-11)12-8-13/h3-6,8H,1,7H2,2H3,(H,12,13). The highest BCUT2D eigenvalue weighted by Crippen LogP contribution is 2.17. The highest BCUT2D eigenvalue weighted by atomic mass is 16.5. The maximum Gasteiger partial charge on any atom is 0.211 e. The monoisotopic (exact) mass is 191 g/mol. The van der Waals surface area contributed by atoms with E-state index in [9.17, 15) is 4.79 Å². The van der Waals surface area contributed by atoms with Crippen LogP contribution in [-0.4, -0.2) is 13.0 Å². The third-order valence-electron chi connectivity index (χ3n) is 1.54. The molecular formula is C11H13NO2. The SMILES string of the molecule is C=C(C)COc1cccc(NC=O)c1. The predicted octanol–water partition coefficient (Wildman–Crippen LogP) is 2.21. The number of amides is 1. The first-order chi connectivity index (χ1) is 6.72. The van der Waals surface area contributed by atoms with E-state index < -0.39 is 0 Å². The summed E-state index contributed by atoms with van der Waals surface area (Å²) in [5, 5.41) is 2.55. The molecule has 0 aliphatic carbocycles. The normalized spacial score (nSPS) is 9.21. The van der Waals surface area contributed by atoms with Gasteiger partial charge in [-0.05, 0) is 24.6 Å². The van der Waals surface area contributed by atoms with E-state index in [4.69, 9.17) is 4.74 Å². The zero-order chi connectivity index (χ0) is 10.4. The lowest BCUT2D eigenvalue weighted by molar-refractivity contribution is -0.105. The molecule has 0 heterocycles. The lowest BCUT2D eigenvalue weighted by Crippen LogP contribution is -1.99. The van der Waals surface area contributed by atoms with E-state index in [2.05, 4.69) is 11.9 Å². The number of carbonyl (C=O) groups is 1. The van der Waals surface area contributed by atoms with Crippen molar-refractivity contribution in [3.8, 4) is 5.75 Å². The van der Waals surface area contributed by atoms with Gasteiger partial charge in [0.15, 0.2) is 0 Å². The Labute approximate surface area is 83.4 Å². The Morgan fingerprint density at radius 1 is 1.64 bits per heavy atom. The fourth-order valence-electron chi connectivity index (χ4n) is 0.950. The highest BCUT2D eigenvalue weighted by molar-refractivity contribution is 5.71. The van der Waals surface area contributed by atoms with E-state index in [-0.39, 0.29) is 0 Å². The van der Waals surface area contributed by atoms with Crippen LogP contribution in [0.1, 0.15) is 6.92 Å². The minimum absolute atomic E-state index is 0.491. The van der Waals surface area contributed by atoms with Crippen LogP contribution in [0.4, 0.5) is 5.69 Å². The quantitative estimate of drug-likeness (QED) is 0.572. The van der Waals surface area contributed by atoms with Crippen molar-refractivity contribution >= 4 is 12.1 Å². The molecule has 0 aliphatic rings. The molecule has 1 aromatic rings. The van der Waals surface area contributed by atoms with Gasteiger partial charge >= 0.3 is 0 Å². The topological polar surface area (TPSA) is 38.3 Å². The number of nitrogens with one attached hydrogen (secondary N) is 1. The molecule has 0 spiro atoms. The summed E-state index contributed by atoms with van der Waals surface area (Å²) < 4.78 is 5.40. The van der Waals surface area contributed by atoms with Crippen molar-refractivity contribution in [2.75, 3.05) is 11.9 Å². The molecule has 14 heavy (non-hydrogen) atoms. The van der Waals surface area contributed by atoms with Gasteiger partial charge < -0.3 is 10.1 Å². The molecule has 0 radical (unpaired) electrons. The Balaban J connectivity index is 2.63. The Morgan fingerprint density at radius 3 is 3.07 bits per heavy atom. The first-order valence-corrected chi connectivity index (χ1v) is 4.30. The molecule has 3 nitrogen and oxygen atoms in total. The van der Waals surface area contributed by atoms with Gasteiger partial charge in [0.2, 0.25) is 6.41 Å². The van der Waals surface area contributed by atoms with Crippen molar-refractivity contribution in [2.24, 2.45) is 0 Å². The van der Waals surface area contributed by atoms with Crippen LogP contribution in [0.3, 0.4) is 0 Å². The predicted molar refractivity (Wildman–Crippen MR) is 56.4 cm³/mol. The molecular weight excluding hydrogens is 178 g/mol. The van der Waals surface area contributed by atoms with Crippen LogP contribution < -0.4 is 10.1 Å². The molecule has 1 aromatic carbocycles. The molecule has 0 atom stereocenters. The van der Waals surface area contributed by atoms with Gasteiger partial charge in [-0.15, -0.1) is 0 Å². The second-order valence-corrected chi connectivity index (χ2v) is 3.04. The minimum Gasteiger partial charge on any atom is -0.489 e. The molecule has 1 amide bonds. The molecule has 0 saturated heterocycles. The first kappa shape index (κ1) is 10.3. The highest BCUT2D eigenvalue weighted by Gasteiger charge is 1.95. The van der Waals surface area contributed by atoms with E-state index in [1.165, 1.54) is 0 Å². The average Bonchev–Trinajstić information content (AvgIpc) is 2.16. The van der Waals surface area contributed by atoms with Crippen LogP contribution in [0.5, 0.6) is 5.75 Å². The molecule has 0 aliphatic heterocycles. The van der Waals surface area contributed by atoms with Gasteiger partial charge in [-0.2, -0.15) is 0 Å². The molecule has 1 N–H and O–H groups in total. The Morgan fingerprint density at radius 2 is 2.43 bits per heavy atom. The van der Waals surface area contributed by atoms with Gasteiger partial charge in [0.05, 0.1) is 0 Å².